The highest BCUT2D eigenvalue weighted by Crippen LogP contribution is 2.41. The van der Waals surface area contributed by atoms with E-state index in [1.54, 1.807) is 31.4 Å². The van der Waals surface area contributed by atoms with Crippen molar-refractivity contribution in [3.8, 4) is 11.5 Å². The third-order valence-corrected chi connectivity index (χ3v) is 6.13. The largest absolute Gasteiger partial charge is 0.493 e. The third-order valence-electron chi connectivity index (χ3n) is 5.81. The van der Waals surface area contributed by atoms with Gasteiger partial charge in [0.1, 0.15) is 5.92 Å². The number of nitrogens with one attached hydrogen (secondary N) is 3. The van der Waals surface area contributed by atoms with Gasteiger partial charge in [-0.3, -0.25) is 4.79 Å². The molecule has 32 heavy (non-hydrogen) atoms. The Kier molecular flexibility index (Phi) is 6.55. The molecule has 8 heteroatoms. The molecule has 0 aromatic heterocycles. The highest BCUT2D eigenvalue weighted by Gasteiger charge is 2.39. The minimum Gasteiger partial charge on any atom is -0.493 e. The van der Waals surface area contributed by atoms with Gasteiger partial charge in [-0.2, -0.15) is 0 Å². The summed E-state index contributed by atoms with van der Waals surface area (Å²) in [5.41, 5.74) is 1.48. The van der Waals surface area contributed by atoms with E-state index < -0.39 is 18.0 Å². The van der Waals surface area contributed by atoms with Crippen LogP contribution in [0.2, 0.25) is 5.02 Å². The predicted molar refractivity (Wildman–Crippen MR) is 123 cm³/mol. The molecule has 0 unspecified atom stereocenters. The van der Waals surface area contributed by atoms with E-state index >= 15 is 0 Å². The van der Waals surface area contributed by atoms with Crippen LogP contribution in [0, 0.1) is 5.92 Å². The molecule has 168 valence electrons. The Hall–Kier alpha value is -3.19. The van der Waals surface area contributed by atoms with Crippen LogP contribution in [0.25, 0.3) is 0 Å². The monoisotopic (exact) mass is 455 g/mol. The van der Waals surface area contributed by atoms with Crippen molar-refractivity contribution in [2.75, 3.05) is 12.4 Å². The maximum atomic E-state index is 13.2. The number of carbonyl (C=O) groups is 2. The van der Waals surface area contributed by atoms with E-state index in [0.717, 1.165) is 25.7 Å². The van der Waals surface area contributed by atoms with Gasteiger partial charge < -0.3 is 25.4 Å². The van der Waals surface area contributed by atoms with Crippen molar-refractivity contribution in [3.63, 3.8) is 0 Å². The van der Waals surface area contributed by atoms with Crippen LogP contribution in [0.15, 0.2) is 54.7 Å². The van der Waals surface area contributed by atoms with Gasteiger partial charge in [-0.15, -0.1) is 0 Å². The minimum atomic E-state index is -0.795. The molecule has 3 N–H and O–H groups in total. The Balaban J connectivity index is 1.65. The first-order valence-electron chi connectivity index (χ1n) is 10.6. The number of para-hydroxylation sites is 1. The van der Waals surface area contributed by atoms with Crippen LogP contribution >= 0.6 is 11.6 Å². The van der Waals surface area contributed by atoms with Gasteiger partial charge in [-0.05, 0) is 49.4 Å². The SMILES string of the molecule is C=C1NC(=O)N[C@@H](c2cc(OC)c(OC3CCCC3)cc2Cl)[C@@H]1C(=O)Nc1ccccc1. The second-order valence-electron chi connectivity index (χ2n) is 7.98. The van der Waals surface area contributed by atoms with E-state index in [1.165, 1.54) is 0 Å². The fourth-order valence-electron chi connectivity index (χ4n) is 4.22. The lowest BCUT2D eigenvalue weighted by Gasteiger charge is -2.34. The van der Waals surface area contributed by atoms with Crippen molar-refractivity contribution < 1.29 is 19.1 Å². The quantitative estimate of drug-likeness (QED) is 0.584. The number of hydrogen-bond acceptors (Lipinski definition) is 4. The number of carbonyl (C=O) groups excluding carboxylic acids is 2. The van der Waals surface area contributed by atoms with Crippen LogP contribution in [-0.2, 0) is 4.79 Å². The molecular weight excluding hydrogens is 430 g/mol. The molecule has 0 radical (unpaired) electrons. The number of ether oxygens (including phenoxy) is 2. The second kappa shape index (κ2) is 9.53. The van der Waals surface area contributed by atoms with E-state index in [4.69, 9.17) is 21.1 Å². The lowest BCUT2D eigenvalue weighted by Crippen LogP contribution is -2.51. The van der Waals surface area contributed by atoms with Crippen LogP contribution in [0.4, 0.5) is 10.5 Å². The van der Waals surface area contributed by atoms with Crippen LogP contribution in [0.5, 0.6) is 11.5 Å². The molecule has 1 saturated carbocycles. The zero-order valence-electron chi connectivity index (χ0n) is 17.8. The first-order chi connectivity index (χ1) is 15.5. The van der Waals surface area contributed by atoms with E-state index in [9.17, 15) is 9.59 Å². The van der Waals surface area contributed by atoms with Gasteiger partial charge in [-0.25, -0.2) is 4.79 Å². The smallest absolute Gasteiger partial charge is 0.319 e. The molecular formula is C24H26ClN3O4. The number of anilines is 1. The maximum Gasteiger partial charge on any atom is 0.319 e. The topological polar surface area (TPSA) is 88.7 Å². The van der Waals surface area contributed by atoms with E-state index in [0.29, 0.717) is 27.8 Å². The van der Waals surface area contributed by atoms with Crippen LogP contribution < -0.4 is 25.4 Å². The van der Waals surface area contributed by atoms with Gasteiger partial charge in [-0.1, -0.05) is 36.4 Å². The minimum absolute atomic E-state index is 0.133. The molecule has 2 aliphatic rings. The van der Waals surface area contributed by atoms with Crippen molar-refractivity contribution in [1.29, 1.82) is 0 Å². The van der Waals surface area contributed by atoms with Crippen LogP contribution in [0.1, 0.15) is 37.3 Å². The Morgan fingerprint density at radius 1 is 1.16 bits per heavy atom. The molecule has 1 saturated heterocycles. The highest BCUT2D eigenvalue weighted by atomic mass is 35.5. The first kappa shape index (κ1) is 22.0. The molecule has 7 nitrogen and oxygen atoms in total. The van der Waals surface area contributed by atoms with Gasteiger partial charge in [0.25, 0.3) is 0 Å². The number of halogens is 1. The third kappa shape index (κ3) is 4.67. The first-order valence-corrected chi connectivity index (χ1v) is 11.0. The molecule has 2 aromatic carbocycles. The summed E-state index contributed by atoms with van der Waals surface area (Å²) < 4.78 is 11.7. The second-order valence-corrected chi connectivity index (χ2v) is 8.39. The van der Waals surface area contributed by atoms with Crippen LogP contribution in [0.3, 0.4) is 0 Å². The molecule has 1 aliphatic carbocycles. The maximum absolute atomic E-state index is 13.2. The molecule has 4 rings (SSSR count). The Morgan fingerprint density at radius 3 is 2.56 bits per heavy atom. The standard InChI is InChI=1S/C24H26ClN3O4/c1-14-21(23(29)27-15-8-4-3-5-9-15)22(28-24(30)26-14)17-12-19(31-2)20(13-18(17)25)32-16-10-6-7-11-16/h3-5,8-9,12-13,16,21-22H,1,6-7,10-11H2,2H3,(H,27,29)(H2,26,28,30)/t21-,22+/m1/s1. The number of benzene rings is 2. The summed E-state index contributed by atoms with van der Waals surface area (Å²) >= 11 is 6.63. The van der Waals surface area contributed by atoms with Crippen molar-refractivity contribution >= 4 is 29.2 Å². The number of methoxy groups -OCH3 is 1. The zero-order valence-corrected chi connectivity index (χ0v) is 18.6. The number of rotatable bonds is 6. The fraction of sp³-hybridized carbons (Fsp3) is 0.333. The highest BCUT2D eigenvalue weighted by molar-refractivity contribution is 6.31. The molecule has 2 atom stereocenters. The van der Waals surface area contributed by atoms with E-state index in [2.05, 4.69) is 22.5 Å². The molecule has 1 heterocycles. The van der Waals surface area contributed by atoms with Gasteiger partial charge in [0, 0.05) is 22.5 Å². The molecule has 0 spiro atoms. The summed E-state index contributed by atoms with van der Waals surface area (Å²) in [6, 6.07) is 11.3. The summed E-state index contributed by atoms with van der Waals surface area (Å²) in [6.07, 6.45) is 4.40. The van der Waals surface area contributed by atoms with Crippen molar-refractivity contribution in [3.05, 3.63) is 65.3 Å². The predicted octanol–water partition coefficient (Wildman–Crippen LogP) is 4.79. The molecule has 0 bridgehead atoms. The Labute approximate surface area is 192 Å². The van der Waals surface area contributed by atoms with Crippen molar-refractivity contribution in [2.45, 2.75) is 37.8 Å². The van der Waals surface area contributed by atoms with Gasteiger partial charge in [0.2, 0.25) is 5.91 Å². The van der Waals surface area contributed by atoms with Gasteiger partial charge in [0.05, 0.1) is 19.3 Å². The summed E-state index contributed by atoms with van der Waals surface area (Å²) in [6.45, 7) is 3.91. The average molecular weight is 456 g/mol. The normalized spacial score (nSPS) is 20.9. The summed E-state index contributed by atoms with van der Waals surface area (Å²) in [7, 11) is 1.55. The lowest BCUT2D eigenvalue weighted by atomic mass is 9.88. The zero-order chi connectivity index (χ0) is 22.7. The molecule has 3 amide bonds. The Bertz CT molecular complexity index is 1020. The van der Waals surface area contributed by atoms with Crippen molar-refractivity contribution in [2.24, 2.45) is 5.92 Å². The summed E-state index contributed by atoms with van der Waals surface area (Å²) in [4.78, 5) is 25.4. The number of hydrogen-bond donors (Lipinski definition) is 3. The molecule has 1 aliphatic heterocycles. The summed E-state index contributed by atoms with van der Waals surface area (Å²) in [5.74, 6) is -0.0637. The number of urea groups is 1. The van der Waals surface area contributed by atoms with E-state index in [1.807, 2.05) is 18.2 Å². The Morgan fingerprint density at radius 2 is 1.88 bits per heavy atom. The average Bonchev–Trinajstić information content (AvgIpc) is 3.27. The molecule has 2 aromatic rings. The van der Waals surface area contributed by atoms with Crippen molar-refractivity contribution in [1.82, 2.24) is 10.6 Å². The molecule has 2 fully saturated rings. The lowest BCUT2D eigenvalue weighted by molar-refractivity contribution is -0.119. The summed E-state index contributed by atoms with van der Waals surface area (Å²) in [5, 5.41) is 8.66. The van der Waals surface area contributed by atoms with Gasteiger partial charge >= 0.3 is 6.03 Å². The van der Waals surface area contributed by atoms with Gasteiger partial charge in [0.15, 0.2) is 11.5 Å². The van der Waals surface area contributed by atoms with E-state index in [-0.39, 0.29) is 17.7 Å². The fourth-order valence-corrected chi connectivity index (χ4v) is 4.49. The number of amides is 3. The van der Waals surface area contributed by atoms with Crippen LogP contribution in [-0.4, -0.2) is 25.2 Å².